The van der Waals surface area contributed by atoms with Crippen LogP contribution in [0.3, 0.4) is 0 Å². The summed E-state index contributed by atoms with van der Waals surface area (Å²) in [4.78, 5) is 37.9. The molecular weight excluding hydrogens is 940 g/mol. The van der Waals surface area contributed by atoms with E-state index >= 15 is 0 Å². The van der Waals surface area contributed by atoms with Gasteiger partial charge >= 0.3 is 29.6 Å². The second-order valence-electron chi connectivity index (χ2n) is 18.3. The van der Waals surface area contributed by atoms with E-state index in [2.05, 4.69) is 30.3 Å². The number of carbonyl (C=O) groups excluding carboxylic acids is 3. The second kappa shape index (κ2) is 25.2. The first-order chi connectivity index (χ1) is 31.5. The first-order valence-electron chi connectivity index (χ1n) is 21.8. The molecule has 68 heavy (non-hydrogen) atoms. The van der Waals surface area contributed by atoms with Crippen LogP contribution in [0.1, 0.15) is 31.9 Å². The molecule has 4 heterocycles. The van der Waals surface area contributed by atoms with Crippen molar-refractivity contribution in [3.8, 4) is 0 Å². The van der Waals surface area contributed by atoms with E-state index in [-0.39, 0.29) is 36.2 Å². The van der Waals surface area contributed by atoms with Gasteiger partial charge in [0.1, 0.15) is 97.5 Å². The zero-order valence-corrected chi connectivity index (χ0v) is 41.5. The van der Waals surface area contributed by atoms with Crippen LogP contribution in [0.2, 0.25) is 25.7 Å². The van der Waals surface area contributed by atoms with Crippen LogP contribution in [0.4, 0.5) is 0 Å². The fourth-order valence-electron chi connectivity index (χ4n) is 8.34. The summed E-state index contributed by atoms with van der Waals surface area (Å²) in [5.41, 5.74) is 0.367. The van der Waals surface area contributed by atoms with Crippen LogP contribution in [-0.4, -0.2) is 231 Å². The summed E-state index contributed by atoms with van der Waals surface area (Å²) in [6.07, 6.45) is -35.1. The average molecular weight is 1010 g/mol. The van der Waals surface area contributed by atoms with Gasteiger partial charge in [-0.05, 0) is 11.6 Å². The van der Waals surface area contributed by atoms with Crippen molar-refractivity contribution in [3.05, 3.63) is 35.9 Å². The number of hydrogen-bond donors (Lipinski definition) is 13. The Balaban J connectivity index is 0.0000101. The first-order valence-corrected chi connectivity index (χ1v) is 25.5. The van der Waals surface area contributed by atoms with Crippen LogP contribution < -0.4 is 45.3 Å². The Morgan fingerprint density at radius 1 is 0.765 bits per heavy atom. The maximum absolute atomic E-state index is 13.0. The molecule has 382 valence electrons. The van der Waals surface area contributed by atoms with Crippen LogP contribution in [0.25, 0.3) is 0 Å². The van der Waals surface area contributed by atoms with Crippen molar-refractivity contribution >= 4 is 25.9 Å². The molecule has 0 aliphatic carbocycles. The van der Waals surface area contributed by atoms with Gasteiger partial charge in [0.05, 0.1) is 32.0 Å². The SMILES string of the molecule is CC(=O)N[C@H]1[C@H](OCC[Si](C)(C)C)O[C@H](CO)[C@@H](O[C@@H]2O[C@H](CO)[C@@H](O)[C@H](O[C@]3(C(=O)[O-])C[C@H](O)[C@@H](NC(C)=O)[C@H]([C@H](O)[C@H](O)CO)O3)[C@H]2O)[C@@H]1O[C@@H]1O[C@@H](c2ccccc2)[C@@H](O)[C@@H](O)[C@@H]1O.[Na+]. The minimum atomic E-state index is -3.23. The molecule has 0 unspecified atom stereocenters. The Morgan fingerprint density at radius 3 is 1.90 bits per heavy atom. The zero-order valence-electron chi connectivity index (χ0n) is 38.5. The summed E-state index contributed by atoms with van der Waals surface area (Å²) < 4.78 is 48.1. The van der Waals surface area contributed by atoms with Gasteiger partial charge in [-0.25, -0.2) is 0 Å². The maximum atomic E-state index is 13.0. The maximum Gasteiger partial charge on any atom is 1.00 e. The molecule has 0 bridgehead atoms. The monoisotopic (exact) mass is 1000 g/mol. The summed E-state index contributed by atoms with van der Waals surface area (Å²) in [6.45, 7) is 5.43. The standard InChI is InChI=1S/C41H66N2O23Si.Na/c1-17(47)42-24-20(49)13-41(40(57)58,65-34(24)26(51)21(50)14-44)66-36-27(52)22(15-45)60-39(31(36)56)63-33-23(16-46)61-37(59-11-12-67(3,4)5)25(43-18(2)48)35(33)64-38-30(55)28(53)29(54)32(62-38)19-9-7-6-8-10-19;/h6-10,20-39,44-46,49-56H,11-16H2,1-5H3,(H,42,47)(H,43,48)(H,57,58);/q;+1/p-1/t20-,21+,22+,23+,24+,25+,26+,27+,28+,29-,30-,31+,32-,33+,34+,35+,36-,37+,38-,39-,41-;/m0./s1. The van der Waals surface area contributed by atoms with Gasteiger partial charge in [0, 0.05) is 34.9 Å². The molecule has 0 saturated carbocycles. The summed E-state index contributed by atoms with van der Waals surface area (Å²) in [6, 6.07) is 5.66. The van der Waals surface area contributed by atoms with Crippen molar-refractivity contribution in [2.45, 2.75) is 174 Å². The van der Waals surface area contributed by atoms with Gasteiger partial charge in [0.25, 0.3) is 0 Å². The van der Waals surface area contributed by atoms with Crippen molar-refractivity contribution in [2.75, 3.05) is 26.4 Å². The topological polar surface area (TPSA) is 395 Å². The van der Waals surface area contributed by atoms with Crippen LogP contribution in [-0.2, 0) is 52.3 Å². The average Bonchev–Trinajstić information content (AvgIpc) is 3.27. The smallest absolute Gasteiger partial charge is 0.544 e. The number of carbonyl (C=O) groups is 3. The van der Waals surface area contributed by atoms with Crippen LogP contribution >= 0.6 is 0 Å². The quantitative estimate of drug-likeness (QED) is 0.0572. The number of aliphatic hydroxyl groups excluding tert-OH is 11. The Bertz CT molecular complexity index is 1780. The zero-order chi connectivity index (χ0) is 49.7. The van der Waals surface area contributed by atoms with Crippen molar-refractivity contribution < 1.29 is 143 Å². The molecule has 21 atom stereocenters. The molecule has 0 spiro atoms. The molecule has 1 aromatic rings. The Hall–Kier alpha value is -1.91. The van der Waals surface area contributed by atoms with Gasteiger partial charge in [-0.1, -0.05) is 50.0 Å². The van der Waals surface area contributed by atoms with Gasteiger partial charge in [0.2, 0.25) is 17.6 Å². The third-order valence-corrected chi connectivity index (χ3v) is 13.6. The predicted octanol–water partition coefficient (Wildman–Crippen LogP) is -9.84. The fourth-order valence-corrected chi connectivity index (χ4v) is 9.07. The van der Waals surface area contributed by atoms with Crippen molar-refractivity contribution in [2.24, 2.45) is 0 Å². The molecule has 4 fully saturated rings. The van der Waals surface area contributed by atoms with E-state index in [0.717, 1.165) is 13.8 Å². The molecule has 25 nitrogen and oxygen atoms in total. The van der Waals surface area contributed by atoms with Gasteiger partial charge in [-0.2, -0.15) is 0 Å². The third kappa shape index (κ3) is 13.8. The van der Waals surface area contributed by atoms with Crippen LogP contribution in [0.15, 0.2) is 30.3 Å². The van der Waals surface area contributed by atoms with Gasteiger partial charge < -0.3 is 115 Å². The number of benzene rings is 1. The van der Waals surface area contributed by atoms with Gasteiger partial charge in [0.15, 0.2) is 18.9 Å². The van der Waals surface area contributed by atoms with Crippen LogP contribution in [0.5, 0.6) is 0 Å². The number of hydrogen-bond acceptors (Lipinski definition) is 23. The molecule has 2 amide bonds. The summed E-state index contributed by atoms with van der Waals surface area (Å²) in [7, 11) is -1.76. The van der Waals surface area contributed by atoms with Crippen molar-refractivity contribution in [1.29, 1.82) is 0 Å². The number of rotatable bonds is 19. The predicted molar refractivity (Wildman–Crippen MR) is 222 cm³/mol. The molecule has 4 saturated heterocycles. The summed E-state index contributed by atoms with van der Waals surface area (Å²) in [5, 5.41) is 138. The van der Waals surface area contributed by atoms with E-state index in [4.69, 9.17) is 37.9 Å². The normalized spacial score (nSPS) is 39.8. The molecule has 0 aromatic heterocycles. The fraction of sp³-hybridized carbons (Fsp3) is 0.780. The number of aliphatic hydroxyl groups is 11. The number of ether oxygens (including phenoxy) is 8. The molecule has 0 radical (unpaired) electrons. The third-order valence-electron chi connectivity index (χ3n) is 11.9. The number of aliphatic carboxylic acids is 1. The van der Waals surface area contributed by atoms with E-state index in [1.807, 2.05) is 0 Å². The molecule has 27 heteroatoms. The minimum Gasteiger partial charge on any atom is -0.544 e. The number of carboxylic acid groups (broad SMARTS) is 1. The van der Waals surface area contributed by atoms with E-state index in [1.165, 1.54) is 0 Å². The number of nitrogens with one attached hydrogen (secondary N) is 2. The second-order valence-corrected chi connectivity index (χ2v) is 23.9. The van der Waals surface area contributed by atoms with Gasteiger partial charge in [-0.3, -0.25) is 9.59 Å². The molecule has 1 aromatic carbocycles. The van der Waals surface area contributed by atoms with Gasteiger partial charge in [-0.15, -0.1) is 0 Å². The molecule has 13 N–H and O–H groups in total. The Labute approximate surface area is 414 Å². The van der Waals surface area contributed by atoms with E-state index < -0.39 is 180 Å². The molecule has 5 rings (SSSR count). The molecule has 4 aliphatic rings. The number of amides is 2. The van der Waals surface area contributed by atoms with E-state index in [1.54, 1.807) is 30.3 Å². The summed E-state index contributed by atoms with van der Waals surface area (Å²) in [5.74, 6) is -6.95. The van der Waals surface area contributed by atoms with Crippen molar-refractivity contribution in [1.82, 2.24) is 10.6 Å². The minimum absolute atomic E-state index is 0. The van der Waals surface area contributed by atoms with Crippen molar-refractivity contribution in [3.63, 3.8) is 0 Å². The number of carboxylic acids is 1. The summed E-state index contributed by atoms with van der Waals surface area (Å²) >= 11 is 0. The Morgan fingerprint density at radius 2 is 1.34 bits per heavy atom. The largest absolute Gasteiger partial charge is 1.00 e. The molecular formula is C41H65N2NaO23Si. The van der Waals surface area contributed by atoms with Crippen LogP contribution in [0, 0.1) is 0 Å². The molecule has 4 aliphatic heterocycles. The first kappa shape index (κ1) is 58.7. The van der Waals surface area contributed by atoms with E-state index in [9.17, 15) is 75.7 Å². The van der Waals surface area contributed by atoms with E-state index in [0.29, 0.717) is 11.6 Å². The Kier molecular flexibility index (Phi) is 21.7.